The first kappa shape index (κ1) is 22.3. The molecular formula is C22H22ClN3O5. The van der Waals surface area contributed by atoms with E-state index in [4.69, 9.17) is 16.3 Å². The van der Waals surface area contributed by atoms with Crippen molar-refractivity contribution in [2.24, 2.45) is 5.92 Å². The van der Waals surface area contributed by atoms with E-state index < -0.39 is 36.2 Å². The first-order valence-corrected chi connectivity index (χ1v) is 10.0. The lowest BCUT2D eigenvalue weighted by molar-refractivity contribution is -0.151. The molecule has 1 aliphatic rings. The second-order valence-corrected chi connectivity index (χ2v) is 7.76. The number of anilines is 1. The van der Waals surface area contributed by atoms with Crippen LogP contribution in [0.5, 0.6) is 0 Å². The van der Waals surface area contributed by atoms with Crippen LogP contribution in [0.25, 0.3) is 0 Å². The maximum Gasteiger partial charge on any atom is 0.311 e. The highest BCUT2D eigenvalue weighted by atomic mass is 35.5. The second kappa shape index (κ2) is 9.61. The number of carbonyl (C=O) groups excluding carboxylic acids is 4. The van der Waals surface area contributed by atoms with Crippen molar-refractivity contribution in [2.75, 3.05) is 18.5 Å². The maximum absolute atomic E-state index is 12.3. The number of nitrogens with zero attached hydrogens (tertiary/aromatic N) is 1. The van der Waals surface area contributed by atoms with E-state index in [0.29, 0.717) is 16.3 Å². The average molecular weight is 444 g/mol. The van der Waals surface area contributed by atoms with Crippen LogP contribution in [0.3, 0.4) is 0 Å². The number of hydrogen-bond acceptors (Lipinski definition) is 5. The Morgan fingerprint density at radius 2 is 1.84 bits per heavy atom. The lowest BCUT2D eigenvalue weighted by atomic mass is 10.1. The Labute approximate surface area is 184 Å². The van der Waals surface area contributed by atoms with Crippen LogP contribution in [0, 0.1) is 19.8 Å². The number of benzene rings is 2. The van der Waals surface area contributed by atoms with Crippen LogP contribution in [0.4, 0.5) is 5.69 Å². The quantitative estimate of drug-likeness (QED) is 0.668. The van der Waals surface area contributed by atoms with Gasteiger partial charge in [0.05, 0.1) is 12.5 Å². The van der Waals surface area contributed by atoms with Gasteiger partial charge >= 0.3 is 5.97 Å². The molecule has 0 spiro atoms. The van der Waals surface area contributed by atoms with E-state index in [1.165, 1.54) is 12.1 Å². The second-order valence-electron chi connectivity index (χ2n) is 7.33. The monoisotopic (exact) mass is 443 g/mol. The van der Waals surface area contributed by atoms with Crippen LogP contribution in [-0.2, 0) is 19.1 Å². The largest absolute Gasteiger partial charge is 0.455 e. The fourth-order valence-electron chi connectivity index (χ4n) is 3.16. The van der Waals surface area contributed by atoms with Crippen molar-refractivity contribution in [3.05, 3.63) is 64.2 Å². The van der Waals surface area contributed by atoms with Crippen LogP contribution < -0.4 is 10.7 Å². The minimum Gasteiger partial charge on any atom is -0.455 e. The summed E-state index contributed by atoms with van der Waals surface area (Å²) in [7, 11) is 0. The van der Waals surface area contributed by atoms with Gasteiger partial charge in [-0.05, 0) is 49.7 Å². The first-order chi connectivity index (χ1) is 14.7. The van der Waals surface area contributed by atoms with Crippen molar-refractivity contribution in [1.82, 2.24) is 10.4 Å². The summed E-state index contributed by atoms with van der Waals surface area (Å²) in [6.07, 6.45) is -0.113. The van der Waals surface area contributed by atoms with Crippen LogP contribution in [0.15, 0.2) is 42.5 Å². The summed E-state index contributed by atoms with van der Waals surface area (Å²) in [5.41, 5.74) is 5.40. The Bertz CT molecular complexity index is 1020. The van der Waals surface area contributed by atoms with Gasteiger partial charge in [0, 0.05) is 22.7 Å². The van der Waals surface area contributed by atoms with Gasteiger partial charge in [-0.3, -0.25) is 29.6 Å². The number of rotatable bonds is 6. The zero-order valence-electron chi connectivity index (χ0n) is 17.1. The van der Waals surface area contributed by atoms with Gasteiger partial charge in [-0.15, -0.1) is 0 Å². The molecule has 9 heteroatoms. The molecule has 0 aromatic heterocycles. The van der Waals surface area contributed by atoms with Crippen molar-refractivity contribution in [1.29, 1.82) is 0 Å². The molecule has 1 fully saturated rings. The average Bonchev–Trinajstić information content (AvgIpc) is 3.09. The molecule has 1 aliphatic heterocycles. The van der Waals surface area contributed by atoms with E-state index >= 15 is 0 Å². The van der Waals surface area contributed by atoms with Gasteiger partial charge in [-0.1, -0.05) is 29.3 Å². The minimum absolute atomic E-state index is 0.0321. The first-order valence-electron chi connectivity index (χ1n) is 9.63. The third kappa shape index (κ3) is 5.82. The maximum atomic E-state index is 12.3. The summed E-state index contributed by atoms with van der Waals surface area (Å²) in [6, 6.07) is 11.7. The van der Waals surface area contributed by atoms with E-state index in [1.54, 1.807) is 18.2 Å². The normalized spacial score (nSPS) is 15.5. The molecule has 0 bridgehead atoms. The molecule has 162 valence electrons. The zero-order valence-corrected chi connectivity index (χ0v) is 17.9. The van der Waals surface area contributed by atoms with E-state index in [-0.39, 0.29) is 13.0 Å². The molecule has 3 amide bonds. The fraction of sp³-hybridized carbons (Fsp3) is 0.273. The number of nitrogens with one attached hydrogen (secondary N) is 2. The third-order valence-electron chi connectivity index (χ3n) is 4.80. The summed E-state index contributed by atoms with van der Waals surface area (Å²) in [5.74, 6) is -2.83. The molecule has 31 heavy (non-hydrogen) atoms. The van der Waals surface area contributed by atoms with Gasteiger partial charge < -0.3 is 10.1 Å². The lowest BCUT2D eigenvalue weighted by Crippen LogP contribution is -2.43. The molecule has 8 nitrogen and oxygen atoms in total. The Hall–Kier alpha value is -3.39. The van der Waals surface area contributed by atoms with Crippen LogP contribution in [-0.4, -0.2) is 41.9 Å². The number of halogens is 1. The summed E-state index contributed by atoms with van der Waals surface area (Å²) in [5, 5.41) is 4.26. The molecule has 1 saturated heterocycles. The van der Waals surface area contributed by atoms with Gasteiger partial charge in [0.1, 0.15) is 0 Å². The molecule has 1 atom stereocenters. The predicted molar refractivity (Wildman–Crippen MR) is 114 cm³/mol. The summed E-state index contributed by atoms with van der Waals surface area (Å²) in [6.45, 7) is 3.32. The molecule has 2 aromatic rings. The number of carbonyl (C=O) groups is 4. The van der Waals surface area contributed by atoms with Crippen molar-refractivity contribution in [2.45, 2.75) is 20.3 Å². The van der Waals surface area contributed by atoms with Gasteiger partial charge in [0.2, 0.25) is 5.91 Å². The molecular weight excluding hydrogens is 422 g/mol. The summed E-state index contributed by atoms with van der Waals surface area (Å²) < 4.78 is 5.07. The Morgan fingerprint density at radius 3 is 2.52 bits per heavy atom. The SMILES string of the molecule is Cc1ccc(NC(=O)COC(=O)[C@@H]2CC(=O)N(NC(=O)c3ccc(Cl)cc3)C2)c(C)c1. The fourth-order valence-corrected chi connectivity index (χ4v) is 3.28. The summed E-state index contributed by atoms with van der Waals surface area (Å²) >= 11 is 5.80. The predicted octanol–water partition coefficient (Wildman–Crippen LogP) is 2.63. The van der Waals surface area contributed by atoms with Crippen molar-refractivity contribution < 1.29 is 23.9 Å². The minimum atomic E-state index is -0.771. The van der Waals surface area contributed by atoms with Crippen molar-refractivity contribution in [3.8, 4) is 0 Å². The molecule has 2 N–H and O–H groups in total. The van der Waals surface area contributed by atoms with Gasteiger partial charge in [0.15, 0.2) is 6.61 Å². The molecule has 3 rings (SSSR count). The topological polar surface area (TPSA) is 105 Å². The Balaban J connectivity index is 1.48. The standard InChI is InChI=1S/C22H22ClN3O5/c1-13-3-8-18(14(2)9-13)24-19(27)12-31-22(30)16-10-20(28)26(11-16)25-21(29)15-4-6-17(23)7-5-15/h3-9,16H,10-12H2,1-2H3,(H,24,27)(H,25,29)/t16-/m1/s1. The Kier molecular flexibility index (Phi) is 6.91. The highest BCUT2D eigenvalue weighted by Gasteiger charge is 2.36. The van der Waals surface area contributed by atoms with Gasteiger partial charge in [-0.25, -0.2) is 0 Å². The van der Waals surface area contributed by atoms with Crippen LogP contribution >= 0.6 is 11.6 Å². The molecule has 1 heterocycles. The smallest absolute Gasteiger partial charge is 0.311 e. The number of ether oxygens (including phenoxy) is 1. The van der Waals surface area contributed by atoms with Crippen LogP contribution in [0.2, 0.25) is 5.02 Å². The van der Waals surface area contributed by atoms with Crippen molar-refractivity contribution in [3.63, 3.8) is 0 Å². The highest BCUT2D eigenvalue weighted by Crippen LogP contribution is 2.19. The number of hydrazine groups is 1. The van der Waals surface area contributed by atoms with Crippen molar-refractivity contribution >= 4 is 41.0 Å². The molecule has 0 aliphatic carbocycles. The Morgan fingerprint density at radius 1 is 1.13 bits per heavy atom. The zero-order chi connectivity index (χ0) is 22.5. The van der Waals surface area contributed by atoms with E-state index in [9.17, 15) is 19.2 Å². The number of esters is 1. The summed E-state index contributed by atoms with van der Waals surface area (Å²) in [4.78, 5) is 48.8. The number of aryl methyl sites for hydroxylation is 2. The number of hydrogen-bond donors (Lipinski definition) is 2. The van der Waals surface area contributed by atoms with Crippen LogP contribution in [0.1, 0.15) is 27.9 Å². The van der Waals surface area contributed by atoms with Gasteiger partial charge in [-0.2, -0.15) is 0 Å². The number of amides is 3. The van der Waals surface area contributed by atoms with Gasteiger partial charge in [0.25, 0.3) is 11.8 Å². The van der Waals surface area contributed by atoms with E-state index in [0.717, 1.165) is 16.1 Å². The third-order valence-corrected chi connectivity index (χ3v) is 5.05. The molecule has 0 saturated carbocycles. The molecule has 0 unspecified atom stereocenters. The highest BCUT2D eigenvalue weighted by molar-refractivity contribution is 6.30. The molecule has 2 aromatic carbocycles. The molecule has 0 radical (unpaired) electrons. The lowest BCUT2D eigenvalue weighted by Gasteiger charge is -2.17. The van der Waals surface area contributed by atoms with E-state index in [2.05, 4.69) is 10.7 Å². The van der Waals surface area contributed by atoms with E-state index in [1.807, 2.05) is 26.0 Å².